The summed E-state index contributed by atoms with van der Waals surface area (Å²) in [7, 11) is -3.29. The van der Waals surface area contributed by atoms with Crippen LogP contribution in [0.15, 0.2) is 5.51 Å². The molecular formula is C9H16N4O2S2. The Morgan fingerprint density at radius 3 is 3.06 bits per heavy atom. The molecule has 2 heterocycles. The minimum absolute atomic E-state index is 0.129. The summed E-state index contributed by atoms with van der Waals surface area (Å²) in [6.45, 7) is 0.995. The van der Waals surface area contributed by atoms with Gasteiger partial charge in [0.05, 0.1) is 5.75 Å². The summed E-state index contributed by atoms with van der Waals surface area (Å²) in [5, 5.41) is 10.9. The number of nitrogens with zero attached hydrogens (tertiary/aromatic N) is 2. The van der Waals surface area contributed by atoms with E-state index >= 15 is 0 Å². The third kappa shape index (κ3) is 4.21. The van der Waals surface area contributed by atoms with Gasteiger partial charge in [0.25, 0.3) is 0 Å². The molecule has 0 aliphatic carbocycles. The summed E-state index contributed by atoms with van der Waals surface area (Å²) < 4.78 is 25.9. The van der Waals surface area contributed by atoms with Crippen molar-refractivity contribution >= 4 is 26.5 Å². The van der Waals surface area contributed by atoms with Crippen LogP contribution in [0.5, 0.6) is 0 Å². The maximum Gasteiger partial charge on any atom is 0.234 e. The standard InChI is InChI=1S/C9H16N4O2S2/c14-17(15,13-9-12-11-7-16-9)6-4-8-3-1-2-5-10-8/h7-8,10H,1-6H2,(H,12,13). The van der Waals surface area contributed by atoms with Crippen LogP contribution in [0.3, 0.4) is 0 Å². The van der Waals surface area contributed by atoms with Crippen molar-refractivity contribution in [2.24, 2.45) is 0 Å². The average Bonchev–Trinajstić information content (AvgIpc) is 2.80. The summed E-state index contributed by atoms with van der Waals surface area (Å²) in [6.07, 6.45) is 4.08. The Morgan fingerprint density at radius 1 is 1.53 bits per heavy atom. The molecule has 8 heteroatoms. The van der Waals surface area contributed by atoms with Gasteiger partial charge < -0.3 is 5.32 Å². The molecule has 2 N–H and O–H groups in total. The highest BCUT2D eigenvalue weighted by Crippen LogP contribution is 2.14. The van der Waals surface area contributed by atoms with Crippen LogP contribution in [-0.4, -0.2) is 37.0 Å². The number of rotatable bonds is 5. The van der Waals surface area contributed by atoms with Gasteiger partial charge >= 0.3 is 0 Å². The van der Waals surface area contributed by atoms with Crippen LogP contribution in [0.4, 0.5) is 5.13 Å². The van der Waals surface area contributed by atoms with Gasteiger partial charge in [-0.25, -0.2) is 8.42 Å². The molecule has 1 unspecified atom stereocenters. The second-order valence-corrected chi connectivity index (χ2v) is 6.78. The van der Waals surface area contributed by atoms with E-state index in [2.05, 4.69) is 20.2 Å². The molecule has 0 spiro atoms. The van der Waals surface area contributed by atoms with E-state index in [9.17, 15) is 8.42 Å². The molecular weight excluding hydrogens is 260 g/mol. The van der Waals surface area contributed by atoms with Gasteiger partial charge in [-0.2, -0.15) is 0 Å². The van der Waals surface area contributed by atoms with Gasteiger partial charge in [0.2, 0.25) is 15.2 Å². The molecule has 1 saturated heterocycles. The molecule has 2 rings (SSSR count). The van der Waals surface area contributed by atoms with E-state index < -0.39 is 10.0 Å². The summed E-state index contributed by atoms with van der Waals surface area (Å²) in [4.78, 5) is 0. The van der Waals surface area contributed by atoms with Gasteiger partial charge in [0.1, 0.15) is 5.51 Å². The molecule has 0 aromatic carbocycles. The molecule has 0 radical (unpaired) electrons. The molecule has 0 amide bonds. The van der Waals surface area contributed by atoms with Gasteiger partial charge in [-0.3, -0.25) is 4.72 Å². The largest absolute Gasteiger partial charge is 0.314 e. The summed E-state index contributed by atoms with van der Waals surface area (Å²) >= 11 is 1.18. The number of hydrogen-bond acceptors (Lipinski definition) is 6. The lowest BCUT2D eigenvalue weighted by atomic mass is 10.0. The summed E-state index contributed by atoms with van der Waals surface area (Å²) in [5.74, 6) is 0.129. The first-order valence-electron chi connectivity index (χ1n) is 5.66. The van der Waals surface area contributed by atoms with Crippen molar-refractivity contribution in [1.29, 1.82) is 0 Å². The van der Waals surface area contributed by atoms with Crippen LogP contribution in [0, 0.1) is 0 Å². The van der Waals surface area contributed by atoms with Gasteiger partial charge in [0.15, 0.2) is 0 Å². The van der Waals surface area contributed by atoms with Crippen LogP contribution in [-0.2, 0) is 10.0 Å². The monoisotopic (exact) mass is 276 g/mol. The minimum atomic E-state index is -3.29. The second kappa shape index (κ2) is 5.74. The van der Waals surface area contributed by atoms with Gasteiger partial charge in [0, 0.05) is 6.04 Å². The van der Waals surface area contributed by atoms with Gasteiger partial charge in [-0.1, -0.05) is 17.8 Å². The van der Waals surface area contributed by atoms with Gasteiger partial charge in [-0.05, 0) is 25.8 Å². The molecule has 6 nitrogen and oxygen atoms in total. The number of anilines is 1. The summed E-state index contributed by atoms with van der Waals surface area (Å²) in [5.41, 5.74) is 1.50. The molecule has 96 valence electrons. The Morgan fingerprint density at radius 2 is 2.41 bits per heavy atom. The Hall–Kier alpha value is -0.730. The highest BCUT2D eigenvalue weighted by Gasteiger charge is 2.18. The topological polar surface area (TPSA) is 84.0 Å². The minimum Gasteiger partial charge on any atom is -0.314 e. The first-order valence-corrected chi connectivity index (χ1v) is 8.19. The highest BCUT2D eigenvalue weighted by atomic mass is 32.2. The maximum atomic E-state index is 11.7. The molecule has 1 aliphatic rings. The first-order chi connectivity index (χ1) is 8.16. The zero-order valence-electron chi connectivity index (χ0n) is 9.42. The highest BCUT2D eigenvalue weighted by molar-refractivity contribution is 7.92. The lowest BCUT2D eigenvalue weighted by molar-refractivity contribution is 0.393. The van der Waals surface area contributed by atoms with E-state index in [0.717, 1.165) is 13.0 Å². The Kier molecular flexibility index (Phi) is 4.30. The molecule has 1 aliphatic heterocycles. The predicted octanol–water partition coefficient (Wildman–Crippen LogP) is 0.812. The van der Waals surface area contributed by atoms with Crippen LogP contribution >= 0.6 is 11.3 Å². The van der Waals surface area contributed by atoms with Gasteiger partial charge in [-0.15, -0.1) is 10.2 Å². The number of aromatic nitrogens is 2. The van der Waals surface area contributed by atoms with Crippen molar-refractivity contribution in [2.45, 2.75) is 31.7 Å². The quantitative estimate of drug-likeness (QED) is 0.831. The SMILES string of the molecule is O=S(=O)(CCC1CCCCN1)Nc1nncs1. The molecule has 0 saturated carbocycles. The molecule has 1 aromatic heterocycles. The van der Waals surface area contributed by atoms with Crippen molar-refractivity contribution in [1.82, 2.24) is 15.5 Å². The van der Waals surface area contributed by atoms with E-state index in [4.69, 9.17) is 0 Å². The van der Waals surface area contributed by atoms with Crippen molar-refractivity contribution in [3.05, 3.63) is 5.51 Å². The van der Waals surface area contributed by atoms with Crippen LogP contribution < -0.4 is 10.0 Å². The Balaban J connectivity index is 1.80. The van der Waals surface area contributed by atoms with Crippen LogP contribution in [0.25, 0.3) is 0 Å². The Labute approximate surface area is 105 Å². The fourth-order valence-corrected chi connectivity index (χ4v) is 3.73. The number of piperidine rings is 1. The lowest BCUT2D eigenvalue weighted by Gasteiger charge is -2.23. The normalized spacial score (nSPS) is 21.3. The maximum absolute atomic E-state index is 11.7. The fraction of sp³-hybridized carbons (Fsp3) is 0.778. The number of sulfonamides is 1. The fourth-order valence-electron chi connectivity index (χ4n) is 1.87. The summed E-state index contributed by atoms with van der Waals surface area (Å²) in [6, 6.07) is 0.328. The molecule has 1 fully saturated rings. The smallest absolute Gasteiger partial charge is 0.234 e. The molecule has 1 atom stereocenters. The third-order valence-electron chi connectivity index (χ3n) is 2.75. The first kappa shape index (κ1) is 12.7. The second-order valence-electron chi connectivity index (χ2n) is 4.10. The van der Waals surface area contributed by atoms with E-state index in [1.54, 1.807) is 0 Å². The van der Waals surface area contributed by atoms with E-state index in [-0.39, 0.29) is 5.75 Å². The zero-order valence-corrected chi connectivity index (χ0v) is 11.1. The van der Waals surface area contributed by atoms with Crippen molar-refractivity contribution in [3.8, 4) is 0 Å². The molecule has 17 heavy (non-hydrogen) atoms. The lowest BCUT2D eigenvalue weighted by Crippen LogP contribution is -2.36. The predicted molar refractivity (Wildman–Crippen MR) is 67.6 cm³/mol. The van der Waals surface area contributed by atoms with Crippen LogP contribution in [0.1, 0.15) is 25.7 Å². The number of nitrogens with one attached hydrogen (secondary N) is 2. The van der Waals surface area contributed by atoms with Crippen molar-refractivity contribution in [3.63, 3.8) is 0 Å². The van der Waals surface area contributed by atoms with E-state index in [0.29, 0.717) is 17.6 Å². The van der Waals surface area contributed by atoms with Crippen molar-refractivity contribution in [2.75, 3.05) is 17.0 Å². The zero-order chi connectivity index (χ0) is 12.1. The average molecular weight is 276 g/mol. The van der Waals surface area contributed by atoms with Crippen LogP contribution in [0.2, 0.25) is 0 Å². The molecule has 1 aromatic rings. The Bertz CT molecular complexity index is 426. The molecule has 0 bridgehead atoms. The number of hydrogen-bond donors (Lipinski definition) is 2. The third-order valence-corrected chi connectivity index (χ3v) is 4.76. The van der Waals surface area contributed by atoms with E-state index in [1.807, 2.05) is 0 Å². The van der Waals surface area contributed by atoms with E-state index in [1.165, 1.54) is 29.7 Å². The van der Waals surface area contributed by atoms with Crippen molar-refractivity contribution < 1.29 is 8.42 Å².